The van der Waals surface area contributed by atoms with Crippen LogP contribution in [0.2, 0.25) is 0 Å². The van der Waals surface area contributed by atoms with Crippen molar-refractivity contribution in [3.63, 3.8) is 0 Å². The molecule has 25 heavy (non-hydrogen) atoms. The Hall–Kier alpha value is -1.67. The first kappa shape index (κ1) is 18.1. The molecule has 0 saturated carbocycles. The quantitative estimate of drug-likeness (QED) is 0.603. The molecule has 2 aliphatic heterocycles. The summed E-state index contributed by atoms with van der Waals surface area (Å²) in [6.07, 6.45) is 5.81. The van der Waals surface area contributed by atoms with E-state index in [2.05, 4.69) is 6.92 Å². The zero-order valence-corrected chi connectivity index (χ0v) is 15.4. The van der Waals surface area contributed by atoms with Gasteiger partial charge in [0.15, 0.2) is 0 Å². The summed E-state index contributed by atoms with van der Waals surface area (Å²) in [5.74, 6) is 0. The Morgan fingerprint density at radius 3 is 2.40 bits per heavy atom. The Labute approximate surface area is 148 Å². The SMILES string of the molecule is CC1CCCCN1c1ccc(S(=O)(=O)N2CCCCC2)cc1[N+](=O)[O-]. The van der Waals surface area contributed by atoms with E-state index in [1.54, 1.807) is 6.07 Å². The van der Waals surface area contributed by atoms with Crippen LogP contribution in [-0.2, 0) is 10.0 Å². The molecule has 0 aliphatic carbocycles. The van der Waals surface area contributed by atoms with Crippen LogP contribution < -0.4 is 4.90 Å². The highest BCUT2D eigenvalue weighted by atomic mass is 32.2. The van der Waals surface area contributed by atoms with Gasteiger partial charge in [0.25, 0.3) is 5.69 Å². The molecule has 1 atom stereocenters. The highest BCUT2D eigenvalue weighted by Crippen LogP contribution is 2.35. The molecule has 2 aliphatic rings. The lowest BCUT2D eigenvalue weighted by Gasteiger charge is -2.35. The summed E-state index contributed by atoms with van der Waals surface area (Å²) >= 11 is 0. The van der Waals surface area contributed by atoms with Crippen molar-refractivity contribution >= 4 is 21.4 Å². The summed E-state index contributed by atoms with van der Waals surface area (Å²) in [7, 11) is -3.67. The van der Waals surface area contributed by atoms with Crippen LogP contribution in [0.25, 0.3) is 0 Å². The normalized spacial score (nSPS) is 22.8. The predicted octanol–water partition coefficient (Wildman–Crippen LogP) is 3.15. The highest BCUT2D eigenvalue weighted by Gasteiger charge is 2.31. The van der Waals surface area contributed by atoms with Crippen LogP contribution in [0.1, 0.15) is 45.4 Å². The zero-order chi connectivity index (χ0) is 18.0. The first-order chi connectivity index (χ1) is 11.9. The highest BCUT2D eigenvalue weighted by molar-refractivity contribution is 7.89. The van der Waals surface area contributed by atoms with E-state index in [1.165, 1.54) is 16.4 Å². The molecule has 138 valence electrons. The molecule has 0 radical (unpaired) electrons. The largest absolute Gasteiger partial charge is 0.363 e. The van der Waals surface area contributed by atoms with Crippen molar-refractivity contribution in [2.45, 2.75) is 56.4 Å². The van der Waals surface area contributed by atoms with Gasteiger partial charge in [-0.1, -0.05) is 6.42 Å². The maximum atomic E-state index is 12.8. The van der Waals surface area contributed by atoms with E-state index in [1.807, 2.05) is 4.90 Å². The van der Waals surface area contributed by atoms with Crippen LogP contribution in [0.4, 0.5) is 11.4 Å². The number of nitro benzene ring substituents is 1. The second-order valence-electron chi connectivity index (χ2n) is 6.91. The number of nitrogens with zero attached hydrogens (tertiary/aromatic N) is 3. The molecular formula is C17H25N3O4S. The average Bonchev–Trinajstić information content (AvgIpc) is 2.62. The molecule has 2 heterocycles. The Kier molecular flexibility index (Phi) is 5.29. The molecule has 1 aromatic rings. The third kappa shape index (κ3) is 3.64. The molecule has 0 bridgehead atoms. The number of anilines is 1. The van der Waals surface area contributed by atoms with Crippen molar-refractivity contribution < 1.29 is 13.3 Å². The summed E-state index contributed by atoms with van der Waals surface area (Å²) in [6.45, 7) is 3.80. The molecular weight excluding hydrogens is 342 g/mol. The van der Waals surface area contributed by atoms with E-state index in [0.717, 1.165) is 45.1 Å². The molecule has 0 amide bonds. The monoisotopic (exact) mass is 367 g/mol. The topological polar surface area (TPSA) is 83.8 Å². The maximum absolute atomic E-state index is 12.8. The van der Waals surface area contributed by atoms with Gasteiger partial charge in [0, 0.05) is 31.7 Å². The van der Waals surface area contributed by atoms with Gasteiger partial charge in [-0.2, -0.15) is 4.31 Å². The molecule has 0 aromatic heterocycles. The molecule has 1 unspecified atom stereocenters. The Morgan fingerprint density at radius 2 is 1.76 bits per heavy atom. The molecule has 7 nitrogen and oxygen atoms in total. The van der Waals surface area contributed by atoms with Gasteiger partial charge in [0.2, 0.25) is 10.0 Å². The summed E-state index contributed by atoms with van der Waals surface area (Å²) < 4.78 is 27.1. The lowest BCUT2D eigenvalue weighted by Crippen LogP contribution is -2.38. The number of benzene rings is 1. The van der Waals surface area contributed by atoms with Gasteiger partial charge in [-0.05, 0) is 51.2 Å². The van der Waals surface area contributed by atoms with Crippen LogP contribution in [-0.4, -0.2) is 43.3 Å². The fraction of sp³-hybridized carbons (Fsp3) is 0.647. The van der Waals surface area contributed by atoms with Crippen LogP contribution in [0.3, 0.4) is 0 Å². The van der Waals surface area contributed by atoms with Crippen LogP contribution >= 0.6 is 0 Å². The van der Waals surface area contributed by atoms with Gasteiger partial charge < -0.3 is 4.90 Å². The average molecular weight is 367 g/mol. The second kappa shape index (κ2) is 7.29. The fourth-order valence-corrected chi connectivity index (χ4v) is 5.30. The summed E-state index contributed by atoms with van der Waals surface area (Å²) in [5, 5.41) is 11.6. The van der Waals surface area contributed by atoms with E-state index >= 15 is 0 Å². The molecule has 0 N–H and O–H groups in total. The molecule has 8 heteroatoms. The van der Waals surface area contributed by atoms with Gasteiger partial charge in [0.05, 0.1) is 9.82 Å². The van der Waals surface area contributed by atoms with Crippen LogP contribution in [0.5, 0.6) is 0 Å². The van der Waals surface area contributed by atoms with E-state index in [-0.39, 0.29) is 16.6 Å². The minimum atomic E-state index is -3.67. The van der Waals surface area contributed by atoms with E-state index < -0.39 is 14.9 Å². The van der Waals surface area contributed by atoms with E-state index in [0.29, 0.717) is 18.8 Å². The minimum absolute atomic E-state index is 0.0227. The van der Waals surface area contributed by atoms with Gasteiger partial charge in [-0.25, -0.2) is 8.42 Å². The fourth-order valence-electron chi connectivity index (χ4n) is 3.76. The maximum Gasteiger partial charge on any atom is 0.293 e. The minimum Gasteiger partial charge on any atom is -0.363 e. The third-order valence-electron chi connectivity index (χ3n) is 5.21. The Balaban J connectivity index is 1.97. The lowest BCUT2D eigenvalue weighted by molar-refractivity contribution is -0.384. The first-order valence-corrected chi connectivity index (χ1v) is 10.4. The summed E-state index contributed by atoms with van der Waals surface area (Å²) in [5.41, 5.74) is 0.404. The summed E-state index contributed by atoms with van der Waals surface area (Å²) in [4.78, 5) is 13.2. The van der Waals surface area contributed by atoms with Gasteiger partial charge >= 0.3 is 0 Å². The number of sulfonamides is 1. The van der Waals surface area contributed by atoms with Gasteiger partial charge in [0.1, 0.15) is 5.69 Å². The molecule has 3 rings (SSSR count). The van der Waals surface area contributed by atoms with Crippen molar-refractivity contribution in [1.82, 2.24) is 4.31 Å². The first-order valence-electron chi connectivity index (χ1n) is 8.96. The number of nitro groups is 1. The standard InChI is InChI=1S/C17H25N3O4S/c1-14-7-3-6-12-19(14)16-9-8-15(13-17(16)20(21)22)25(23,24)18-10-4-2-5-11-18/h8-9,13-14H,2-7,10-12H2,1H3. The molecule has 2 fully saturated rings. The predicted molar refractivity (Wildman–Crippen MR) is 96.4 cm³/mol. The Morgan fingerprint density at radius 1 is 1.08 bits per heavy atom. The van der Waals surface area contributed by atoms with Gasteiger partial charge in [-0.15, -0.1) is 0 Å². The molecule has 1 aromatic carbocycles. The van der Waals surface area contributed by atoms with E-state index in [9.17, 15) is 18.5 Å². The van der Waals surface area contributed by atoms with Crippen LogP contribution in [0, 0.1) is 10.1 Å². The number of hydrogen-bond donors (Lipinski definition) is 0. The van der Waals surface area contributed by atoms with Crippen molar-refractivity contribution in [2.75, 3.05) is 24.5 Å². The second-order valence-corrected chi connectivity index (χ2v) is 8.85. The van der Waals surface area contributed by atoms with E-state index in [4.69, 9.17) is 0 Å². The van der Waals surface area contributed by atoms with Crippen molar-refractivity contribution in [1.29, 1.82) is 0 Å². The zero-order valence-electron chi connectivity index (χ0n) is 14.6. The Bertz CT molecular complexity index is 744. The van der Waals surface area contributed by atoms with Crippen molar-refractivity contribution in [2.24, 2.45) is 0 Å². The number of piperidine rings is 2. The number of hydrogen-bond acceptors (Lipinski definition) is 5. The summed E-state index contributed by atoms with van der Waals surface area (Å²) in [6, 6.07) is 4.59. The lowest BCUT2D eigenvalue weighted by atomic mass is 10.0. The van der Waals surface area contributed by atoms with Crippen LogP contribution in [0.15, 0.2) is 23.1 Å². The number of rotatable bonds is 4. The van der Waals surface area contributed by atoms with Crippen molar-refractivity contribution in [3.05, 3.63) is 28.3 Å². The molecule has 0 spiro atoms. The third-order valence-corrected chi connectivity index (χ3v) is 7.10. The van der Waals surface area contributed by atoms with Gasteiger partial charge in [-0.3, -0.25) is 10.1 Å². The van der Waals surface area contributed by atoms with Crippen molar-refractivity contribution in [3.8, 4) is 0 Å². The molecule has 2 saturated heterocycles. The smallest absolute Gasteiger partial charge is 0.293 e.